The minimum absolute atomic E-state index is 0.0707. The standard InChI is InChI=1S/C22H28O4S/c1-3-4-13-26-21(24)16-25-15-20(23)22(18-10-6-5-7-11-18)27-19-12-8-9-17(2)14-19/h5-12,14,20,22-23H,3-4,13,15-16H2,1-2H3. The zero-order chi connectivity index (χ0) is 19.5. The van der Waals surface area contributed by atoms with E-state index in [0.717, 1.165) is 23.3 Å². The zero-order valence-corrected chi connectivity index (χ0v) is 16.8. The van der Waals surface area contributed by atoms with E-state index in [1.165, 1.54) is 5.56 Å². The monoisotopic (exact) mass is 388 g/mol. The summed E-state index contributed by atoms with van der Waals surface area (Å²) in [4.78, 5) is 12.7. The number of carbonyl (C=O) groups excluding carboxylic acids is 1. The SMILES string of the molecule is CCCCOC(=O)COCC(O)C(Sc1cccc(C)c1)c1ccccc1. The normalized spacial score (nSPS) is 13.1. The van der Waals surface area contributed by atoms with Crippen LogP contribution in [0.1, 0.15) is 36.1 Å². The molecule has 0 aliphatic carbocycles. The molecule has 146 valence electrons. The number of thioether (sulfide) groups is 1. The second kappa shape index (κ2) is 11.8. The molecule has 0 aliphatic rings. The first-order valence-corrected chi connectivity index (χ1v) is 10.2. The molecule has 0 aromatic heterocycles. The van der Waals surface area contributed by atoms with Crippen molar-refractivity contribution < 1.29 is 19.4 Å². The number of unbranched alkanes of at least 4 members (excludes halogenated alkanes) is 1. The largest absolute Gasteiger partial charge is 0.464 e. The van der Waals surface area contributed by atoms with E-state index < -0.39 is 12.1 Å². The number of hydrogen-bond acceptors (Lipinski definition) is 5. The van der Waals surface area contributed by atoms with Gasteiger partial charge in [0.25, 0.3) is 0 Å². The third kappa shape index (κ3) is 7.75. The van der Waals surface area contributed by atoms with Crippen LogP contribution in [0, 0.1) is 6.92 Å². The van der Waals surface area contributed by atoms with Gasteiger partial charge in [0, 0.05) is 4.90 Å². The van der Waals surface area contributed by atoms with E-state index in [9.17, 15) is 9.90 Å². The number of benzene rings is 2. The van der Waals surface area contributed by atoms with Gasteiger partial charge in [0.1, 0.15) is 6.61 Å². The second-order valence-electron chi connectivity index (χ2n) is 6.42. The van der Waals surface area contributed by atoms with Gasteiger partial charge >= 0.3 is 5.97 Å². The molecule has 4 nitrogen and oxygen atoms in total. The van der Waals surface area contributed by atoms with Crippen molar-refractivity contribution in [2.75, 3.05) is 19.8 Å². The summed E-state index contributed by atoms with van der Waals surface area (Å²) in [5, 5.41) is 10.5. The molecular formula is C22H28O4S. The molecule has 2 unspecified atom stereocenters. The van der Waals surface area contributed by atoms with E-state index in [1.807, 2.05) is 62.4 Å². The molecule has 27 heavy (non-hydrogen) atoms. The minimum atomic E-state index is -0.749. The number of aliphatic hydroxyl groups excluding tert-OH is 1. The maximum absolute atomic E-state index is 11.6. The molecule has 0 saturated carbocycles. The Morgan fingerprint density at radius 2 is 1.93 bits per heavy atom. The lowest BCUT2D eigenvalue weighted by molar-refractivity contribution is -0.150. The first-order valence-electron chi connectivity index (χ1n) is 9.30. The second-order valence-corrected chi connectivity index (χ2v) is 7.64. The lowest BCUT2D eigenvalue weighted by Gasteiger charge is -2.23. The van der Waals surface area contributed by atoms with Gasteiger partial charge in [-0.1, -0.05) is 61.4 Å². The molecule has 2 rings (SSSR count). The summed E-state index contributed by atoms with van der Waals surface area (Å²) in [6.07, 6.45) is 1.07. The van der Waals surface area contributed by atoms with E-state index in [1.54, 1.807) is 11.8 Å². The Balaban J connectivity index is 1.95. The maximum atomic E-state index is 11.6. The topological polar surface area (TPSA) is 55.8 Å². The van der Waals surface area contributed by atoms with Crippen LogP contribution in [-0.4, -0.2) is 37.0 Å². The van der Waals surface area contributed by atoms with Crippen molar-refractivity contribution in [3.05, 3.63) is 65.7 Å². The highest BCUT2D eigenvalue weighted by molar-refractivity contribution is 7.99. The van der Waals surface area contributed by atoms with Crippen molar-refractivity contribution in [3.63, 3.8) is 0 Å². The summed E-state index contributed by atoms with van der Waals surface area (Å²) in [5.74, 6) is -0.391. The minimum Gasteiger partial charge on any atom is -0.464 e. The third-order valence-electron chi connectivity index (χ3n) is 4.00. The van der Waals surface area contributed by atoms with Crippen LogP contribution in [0.2, 0.25) is 0 Å². The van der Waals surface area contributed by atoms with Crippen LogP contribution in [0.15, 0.2) is 59.5 Å². The van der Waals surface area contributed by atoms with Crippen LogP contribution in [-0.2, 0) is 14.3 Å². The van der Waals surface area contributed by atoms with Crippen molar-refractivity contribution >= 4 is 17.7 Å². The zero-order valence-electron chi connectivity index (χ0n) is 16.0. The van der Waals surface area contributed by atoms with Crippen LogP contribution < -0.4 is 0 Å². The molecule has 0 bridgehead atoms. The Hall–Kier alpha value is -1.82. The number of carbonyl (C=O) groups is 1. The van der Waals surface area contributed by atoms with Crippen LogP contribution in [0.5, 0.6) is 0 Å². The average molecular weight is 389 g/mol. The Bertz CT molecular complexity index is 690. The summed E-state index contributed by atoms with van der Waals surface area (Å²) in [6, 6.07) is 18.0. The fraction of sp³-hybridized carbons (Fsp3) is 0.409. The highest BCUT2D eigenvalue weighted by Gasteiger charge is 2.23. The highest BCUT2D eigenvalue weighted by Crippen LogP contribution is 2.38. The van der Waals surface area contributed by atoms with E-state index in [2.05, 4.69) is 6.07 Å². The van der Waals surface area contributed by atoms with Crippen LogP contribution >= 0.6 is 11.8 Å². The molecule has 0 amide bonds. The molecular weight excluding hydrogens is 360 g/mol. The average Bonchev–Trinajstić information content (AvgIpc) is 2.67. The summed E-state index contributed by atoms with van der Waals surface area (Å²) in [5.41, 5.74) is 2.19. The van der Waals surface area contributed by atoms with Gasteiger partial charge in [0.05, 0.1) is 24.6 Å². The van der Waals surface area contributed by atoms with Gasteiger partial charge in [-0.05, 0) is 31.0 Å². The maximum Gasteiger partial charge on any atom is 0.332 e. The molecule has 0 aliphatic heterocycles. The molecule has 1 N–H and O–H groups in total. The van der Waals surface area contributed by atoms with Crippen molar-refractivity contribution in [2.45, 2.75) is 42.9 Å². The lowest BCUT2D eigenvalue weighted by Crippen LogP contribution is -2.25. The van der Waals surface area contributed by atoms with Gasteiger partial charge in [-0.2, -0.15) is 0 Å². The van der Waals surface area contributed by atoms with Gasteiger partial charge in [0.2, 0.25) is 0 Å². The number of rotatable bonds is 11. The number of esters is 1. The summed E-state index contributed by atoms with van der Waals surface area (Å²) in [6.45, 7) is 4.43. The summed E-state index contributed by atoms with van der Waals surface area (Å²) in [7, 11) is 0. The molecule has 0 saturated heterocycles. The van der Waals surface area contributed by atoms with E-state index >= 15 is 0 Å². The molecule has 0 fully saturated rings. The van der Waals surface area contributed by atoms with Gasteiger partial charge in [-0.3, -0.25) is 0 Å². The van der Waals surface area contributed by atoms with Crippen LogP contribution in [0.4, 0.5) is 0 Å². The highest BCUT2D eigenvalue weighted by atomic mass is 32.2. The Labute approximate surface area is 165 Å². The fourth-order valence-corrected chi connectivity index (χ4v) is 3.80. The number of aliphatic hydroxyl groups is 1. The van der Waals surface area contributed by atoms with Crippen molar-refractivity contribution in [1.82, 2.24) is 0 Å². The smallest absolute Gasteiger partial charge is 0.332 e. The summed E-state index contributed by atoms with van der Waals surface area (Å²) < 4.78 is 10.5. The van der Waals surface area contributed by atoms with Gasteiger partial charge < -0.3 is 14.6 Å². The summed E-state index contributed by atoms with van der Waals surface area (Å²) >= 11 is 1.59. The molecule has 0 spiro atoms. The van der Waals surface area contributed by atoms with Gasteiger partial charge in [0.15, 0.2) is 0 Å². The predicted molar refractivity (Wildman–Crippen MR) is 109 cm³/mol. The number of ether oxygens (including phenoxy) is 2. The third-order valence-corrected chi connectivity index (χ3v) is 5.37. The Kier molecular flexibility index (Phi) is 9.39. The van der Waals surface area contributed by atoms with Crippen LogP contribution in [0.25, 0.3) is 0 Å². The van der Waals surface area contributed by atoms with E-state index in [0.29, 0.717) is 6.61 Å². The Morgan fingerprint density at radius 3 is 2.63 bits per heavy atom. The Morgan fingerprint density at radius 1 is 1.15 bits per heavy atom. The first-order chi connectivity index (χ1) is 13.1. The molecule has 5 heteroatoms. The van der Waals surface area contributed by atoms with Crippen molar-refractivity contribution in [2.24, 2.45) is 0 Å². The fourth-order valence-electron chi connectivity index (χ4n) is 2.57. The van der Waals surface area contributed by atoms with E-state index in [-0.39, 0.29) is 18.5 Å². The van der Waals surface area contributed by atoms with E-state index in [4.69, 9.17) is 9.47 Å². The first kappa shape index (κ1) is 21.5. The quantitative estimate of drug-likeness (QED) is 0.348. The number of aryl methyl sites for hydroxylation is 1. The lowest BCUT2D eigenvalue weighted by atomic mass is 10.1. The van der Waals surface area contributed by atoms with Gasteiger partial charge in [-0.25, -0.2) is 4.79 Å². The molecule has 0 radical (unpaired) electrons. The molecule has 2 atom stereocenters. The molecule has 2 aromatic rings. The molecule has 0 heterocycles. The predicted octanol–water partition coefficient (Wildman–Crippen LogP) is 4.55. The molecule has 2 aromatic carbocycles. The van der Waals surface area contributed by atoms with Crippen molar-refractivity contribution in [1.29, 1.82) is 0 Å². The number of hydrogen-bond donors (Lipinski definition) is 1. The van der Waals surface area contributed by atoms with Crippen molar-refractivity contribution in [3.8, 4) is 0 Å². The van der Waals surface area contributed by atoms with Crippen LogP contribution in [0.3, 0.4) is 0 Å². The van der Waals surface area contributed by atoms with Gasteiger partial charge in [-0.15, -0.1) is 11.8 Å².